The highest BCUT2D eigenvalue weighted by Gasteiger charge is 2.29. The smallest absolute Gasteiger partial charge is 0.0614 e. The van der Waals surface area contributed by atoms with Crippen molar-refractivity contribution in [3.8, 4) is 0 Å². The third-order valence-electron chi connectivity index (χ3n) is 3.26. The van der Waals surface area contributed by atoms with E-state index in [1.807, 2.05) is 0 Å². The maximum absolute atomic E-state index is 9.99. The monoisotopic (exact) mass is 262 g/mol. The topological polar surface area (TPSA) is 20.2 Å². The minimum absolute atomic E-state index is 0. The first-order valence-electron chi connectivity index (χ1n) is 5.46. The first-order valence-corrected chi connectivity index (χ1v) is 5.46. The Labute approximate surface area is 110 Å². The highest BCUT2D eigenvalue weighted by Crippen LogP contribution is 2.36. The van der Waals surface area contributed by atoms with Gasteiger partial charge in [-0.2, -0.15) is 0 Å². The van der Waals surface area contributed by atoms with Crippen LogP contribution in [0.25, 0.3) is 0 Å². The van der Waals surface area contributed by atoms with Crippen molar-refractivity contribution in [2.24, 2.45) is 5.92 Å². The first kappa shape index (κ1) is 15.8. The number of hydrogen-bond acceptors (Lipinski definition) is 1. The second kappa shape index (κ2) is 6.48. The van der Waals surface area contributed by atoms with Crippen LogP contribution in [0.2, 0.25) is 0 Å². The summed E-state index contributed by atoms with van der Waals surface area (Å²) in [5, 5.41) is 9.99. The summed E-state index contributed by atoms with van der Waals surface area (Å²) in [6.07, 6.45) is 1.80. The van der Waals surface area contributed by atoms with Crippen LogP contribution in [0.15, 0.2) is 24.3 Å². The van der Waals surface area contributed by atoms with Crippen molar-refractivity contribution in [2.45, 2.75) is 38.7 Å². The highest BCUT2D eigenvalue weighted by molar-refractivity contribution is 5.85. The third-order valence-corrected chi connectivity index (χ3v) is 3.26. The van der Waals surface area contributed by atoms with Crippen molar-refractivity contribution in [1.29, 1.82) is 0 Å². The Morgan fingerprint density at radius 3 is 2.44 bits per heavy atom. The number of halogens is 2. The molecule has 0 aromatic heterocycles. The summed E-state index contributed by atoms with van der Waals surface area (Å²) >= 11 is 0. The van der Waals surface area contributed by atoms with Crippen LogP contribution in [0, 0.1) is 5.92 Å². The average Bonchev–Trinajstić information content (AvgIpc) is 2.17. The number of aliphatic hydroxyl groups is 1. The molecule has 0 saturated carbocycles. The molecule has 0 amide bonds. The quantitative estimate of drug-likeness (QED) is 0.821. The van der Waals surface area contributed by atoms with Crippen molar-refractivity contribution in [2.75, 3.05) is 0 Å². The molecule has 0 radical (unpaired) electrons. The van der Waals surface area contributed by atoms with Crippen molar-refractivity contribution in [3.05, 3.63) is 35.4 Å². The van der Waals surface area contributed by atoms with Gasteiger partial charge in [0.1, 0.15) is 0 Å². The highest BCUT2D eigenvalue weighted by atomic mass is 35.5. The third kappa shape index (κ3) is 2.91. The Morgan fingerprint density at radius 1 is 1.19 bits per heavy atom. The van der Waals surface area contributed by atoms with E-state index in [4.69, 9.17) is 0 Å². The van der Waals surface area contributed by atoms with Crippen LogP contribution in [-0.2, 0) is 6.42 Å². The molecule has 1 aliphatic rings. The summed E-state index contributed by atoms with van der Waals surface area (Å²) in [4.78, 5) is 0. The van der Waals surface area contributed by atoms with E-state index in [0.29, 0.717) is 11.8 Å². The second-order valence-electron chi connectivity index (χ2n) is 4.57. The van der Waals surface area contributed by atoms with E-state index in [1.54, 1.807) is 0 Å². The maximum Gasteiger partial charge on any atom is 0.0614 e. The maximum atomic E-state index is 9.99. The van der Waals surface area contributed by atoms with Gasteiger partial charge in [-0.05, 0) is 29.9 Å². The van der Waals surface area contributed by atoms with Crippen LogP contribution in [-0.4, -0.2) is 11.2 Å². The van der Waals surface area contributed by atoms with Crippen LogP contribution in [0.5, 0.6) is 0 Å². The van der Waals surface area contributed by atoms with Crippen molar-refractivity contribution >= 4 is 24.8 Å². The van der Waals surface area contributed by atoms with Crippen molar-refractivity contribution < 1.29 is 5.11 Å². The minimum atomic E-state index is -0.148. The predicted molar refractivity (Wildman–Crippen MR) is 72.8 cm³/mol. The molecule has 1 N–H and O–H groups in total. The van der Waals surface area contributed by atoms with Crippen LogP contribution in [0.1, 0.15) is 37.3 Å². The molecule has 2 atom stereocenters. The van der Waals surface area contributed by atoms with Crippen LogP contribution < -0.4 is 0 Å². The van der Waals surface area contributed by atoms with Gasteiger partial charge in [0.25, 0.3) is 0 Å². The first-order chi connectivity index (χ1) is 6.70. The molecular weight excluding hydrogens is 243 g/mol. The Hall–Kier alpha value is -0.240. The summed E-state index contributed by atoms with van der Waals surface area (Å²) < 4.78 is 0. The van der Waals surface area contributed by atoms with Gasteiger partial charge in [0, 0.05) is 5.92 Å². The number of rotatable bonds is 1. The van der Waals surface area contributed by atoms with Crippen LogP contribution in [0.3, 0.4) is 0 Å². The molecule has 0 saturated heterocycles. The summed E-state index contributed by atoms with van der Waals surface area (Å²) in [6, 6.07) is 8.53. The zero-order valence-corrected chi connectivity index (χ0v) is 11.4. The van der Waals surface area contributed by atoms with Gasteiger partial charge in [-0.1, -0.05) is 38.1 Å². The molecule has 1 aromatic rings. The van der Waals surface area contributed by atoms with Gasteiger partial charge in [-0.3, -0.25) is 0 Å². The van der Waals surface area contributed by atoms with Gasteiger partial charge in [0.05, 0.1) is 6.10 Å². The summed E-state index contributed by atoms with van der Waals surface area (Å²) in [6.45, 7) is 4.38. The van der Waals surface area contributed by atoms with Crippen LogP contribution in [0.4, 0.5) is 0 Å². The normalized spacial score (nSPS) is 23.0. The SMILES string of the molecule is CC(C)C1c2ccccc2CCC1O.Cl.Cl. The lowest BCUT2D eigenvalue weighted by Gasteiger charge is -2.33. The Balaban J connectivity index is 0.00000112. The van der Waals surface area contributed by atoms with E-state index in [1.165, 1.54) is 11.1 Å². The van der Waals surface area contributed by atoms with Crippen molar-refractivity contribution in [1.82, 2.24) is 0 Å². The standard InChI is InChI=1S/C13H18O.2ClH/c1-9(2)13-11-6-4-3-5-10(11)7-8-12(13)14;;/h3-6,9,12-14H,7-8H2,1-2H3;2*1H. The molecular formula is C13H20Cl2O. The molecule has 1 aliphatic carbocycles. The fourth-order valence-electron chi connectivity index (χ4n) is 2.58. The zero-order valence-electron chi connectivity index (χ0n) is 9.72. The van der Waals surface area contributed by atoms with E-state index in [0.717, 1.165) is 12.8 Å². The number of fused-ring (bicyclic) bond motifs is 1. The fourth-order valence-corrected chi connectivity index (χ4v) is 2.58. The Kier molecular flexibility index (Phi) is 6.39. The average molecular weight is 263 g/mol. The zero-order chi connectivity index (χ0) is 10.1. The lowest BCUT2D eigenvalue weighted by Crippen LogP contribution is -2.28. The summed E-state index contributed by atoms with van der Waals surface area (Å²) in [5.74, 6) is 0.853. The predicted octanol–water partition coefficient (Wildman–Crippen LogP) is 3.58. The molecule has 0 spiro atoms. The number of hydrogen-bond donors (Lipinski definition) is 1. The fraction of sp³-hybridized carbons (Fsp3) is 0.538. The molecule has 0 aliphatic heterocycles. The Bertz CT molecular complexity index is 325. The summed E-state index contributed by atoms with van der Waals surface area (Å²) in [5.41, 5.74) is 2.79. The second-order valence-corrected chi connectivity index (χ2v) is 4.57. The minimum Gasteiger partial charge on any atom is -0.392 e. The van der Waals surface area contributed by atoms with Gasteiger partial charge in [-0.25, -0.2) is 0 Å². The van der Waals surface area contributed by atoms with Crippen LogP contribution >= 0.6 is 24.8 Å². The van der Waals surface area contributed by atoms with Gasteiger partial charge in [0.2, 0.25) is 0 Å². The Morgan fingerprint density at radius 2 is 1.81 bits per heavy atom. The van der Waals surface area contributed by atoms with Gasteiger partial charge >= 0.3 is 0 Å². The lowest BCUT2D eigenvalue weighted by molar-refractivity contribution is 0.106. The van der Waals surface area contributed by atoms with E-state index in [9.17, 15) is 5.11 Å². The van der Waals surface area contributed by atoms with E-state index in [2.05, 4.69) is 38.1 Å². The molecule has 0 fully saturated rings. The number of aliphatic hydroxyl groups excluding tert-OH is 1. The van der Waals surface area contributed by atoms with Gasteiger partial charge in [-0.15, -0.1) is 24.8 Å². The molecule has 2 rings (SSSR count). The molecule has 0 heterocycles. The molecule has 0 bridgehead atoms. The number of benzene rings is 1. The van der Waals surface area contributed by atoms with Crippen molar-refractivity contribution in [3.63, 3.8) is 0 Å². The van der Waals surface area contributed by atoms with E-state index >= 15 is 0 Å². The lowest BCUT2D eigenvalue weighted by atomic mass is 9.75. The number of aryl methyl sites for hydroxylation is 1. The van der Waals surface area contributed by atoms with Gasteiger partial charge in [0.15, 0.2) is 0 Å². The molecule has 3 heteroatoms. The molecule has 2 unspecified atom stereocenters. The molecule has 92 valence electrons. The molecule has 16 heavy (non-hydrogen) atoms. The van der Waals surface area contributed by atoms with E-state index in [-0.39, 0.29) is 30.9 Å². The molecule has 1 aromatic carbocycles. The van der Waals surface area contributed by atoms with E-state index < -0.39 is 0 Å². The molecule has 1 nitrogen and oxygen atoms in total. The van der Waals surface area contributed by atoms with Gasteiger partial charge < -0.3 is 5.11 Å². The largest absolute Gasteiger partial charge is 0.392 e. The summed E-state index contributed by atoms with van der Waals surface area (Å²) in [7, 11) is 0.